The summed E-state index contributed by atoms with van der Waals surface area (Å²) in [4.78, 5) is 0. The second-order valence-corrected chi connectivity index (χ2v) is 7.50. The number of benzene rings is 1. The predicted molar refractivity (Wildman–Crippen MR) is 85.0 cm³/mol. The Morgan fingerprint density at radius 2 is 2.00 bits per heavy atom. The largest absolute Gasteiger partial charge is 0.508 e. The van der Waals surface area contributed by atoms with Crippen molar-refractivity contribution in [1.82, 2.24) is 0 Å². The molecule has 3 rings (SSSR count). The first-order valence-electron chi connectivity index (χ1n) is 7.96. The molecule has 0 radical (unpaired) electrons. The van der Waals surface area contributed by atoms with Crippen molar-refractivity contribution in [2.75, 3.05) is 0 Å². The Bertz CT molecular complexity index is 563. The van der Waals surface area contributed by atoms with E-state index >= 15 is 0 Å². The van der Waals surface area contributed by atoms with Crippen molar-refractivity contribution >= 4 is 5.57 Å². The Hall–Kier alpha value is -1.24. The maximum atomic E-state index is 10.3. The molecule has 1 nitrogen and oxygen atoms in total. The maximum Gasteiger partial charge on any atom is 0.119 e. The van der Waals surface area contributed by atoms with Crippen LogP contribution in [-0.4, -0.2) is 5.11 Å². The van der Waals surface area contributed by atoms with Gasteiger partial charge < -0.3 is 5.11 Å². The second-order valence-electron chi connectivity index (χ2n) is 7.50. The molecular weight excluding hydrogens is 244 g/mol. The number of aromatic hydroxyl groups is 1. The third-order valence-electron chi connectivity index (χ3n) is 5.36. The van der Waals surface area contributed by atoms with E-state index < -0.39 is 0 Å². The van der Waals surface area contributed by atoms with Crippen molar-refractivity contribution in [2.45, 2.75) is 59.3 Å². The van der Waals surface area contributed by atoms with Crippen LogP contribution in [0.15, 0.2) is 18.2 Å². The topological polar surface area (TPSA) is 20.2 Å². The summed E-state index contributed by atoms with van der Waals surface area (Å²) in [5.41, 5.74) is 5.74. The Morgan fingerprint density at radius 3 is 2.70 bits per heavy atom. The zero-order valence-corrected chi connectivity index (χ0v) is 13.2. The zero-order valence-electron chi connectivity index (χ0n) is 13.2. The highest BCUT2D eigenvalue weighted by Gasteiger charge is 2.38. The molecule has 1 heteroatoms. The summed E-state index contributed by atoms with van der Waals surface area (Å²) >= 11 is 0. The maximum absolute atomic E-state index is 10.3. The zero-order chi connectivity index (χ0) is 14.5. The average molecular weight is 270 g/mol. The fourth-order valence-corrected chi connectivity index (χ4v) is 4.07. The molecule has 20 heavy (non-hydrogen) atoms. The van der Waals surface area contributed by atoms with E-state index in [1.54, 1.807) is 0 Å². The molecule has 108 valence electrons. The lowest BCUT2D eigenvalue weighted by atomic mass is 9.62. The number of hydrogen-bond donors (Lipinski definition) is 1. The number of phenols is 1. The van der Waals surface area contributed by atoms with E-state index in [2.05, 4.69) is 39.8 Å². The van der Waals surface area contributed by atoms with Crippen LogP contribution in [0.2, 0.25) is 0 Å². The molecule has 1 atom stereocenters. The minimum atomic E-state index is 0.384. The molecule has 1 aromatic rings. The van der Waals surface area contributed by atoms with Crippen molar-refractivity contribution in [3.63, 3.8) is 0 Å². The van der Waals surface area contributed by atoms with Gasteiger partial charge in [0.2, 0.25) is 0 Å². The van der Waals surface area contributed by atoms with Crippen molar-refractivity contribution in [1.29, 1.82) is 0 Å². The Balaban J connectivity index is 2.10. The van der Waals surface area contributed by atoms with Crippen LogP contribution in [0.1, 0.15) is 69.6 Å². The van der Waals surface area contributed by atoms with Gasteiger partial charge in [0.05, 0.1) is 0 Å². The van der Waals surface area contributed by atoms with Crippen LogP contribution in [0, 0.1) is 11.3 Å². The summed E-state index contributed by atoms with van der Waals surface area (Å²) in [6.07, 6.45) is 7.29. The highest BCUT2D eigenvalue weighted by molar-refractivity contribution is 5.74. The van der Waals surface area contributed by atoms with Gasteiger partial charge in [-0.15, -0.1) is 0 Å². The van der Waals surface area contributed by atoms with Crippen LogP contribution in [0.5, 0.6) is 5.75 Å². The van der Waals surface area contributed by atoms with E-state index in [9.17, 15) is 5.11 Å². The van der Waals surface area contributed by atoms with Crippen LogP contribution in [0.3, 0.4) is 0 Å². The molecule has 0 unspecified atom stereocenters. The SMILES string of the molecule is CC(C)c1cc2c(cc1O)C1=CCCC(C)(C)[C@@H]1CC2. The van der Waals surface area contributed by atoms with Gasteiger partial charge >= 0.3 is 0 Å². The molecule has 0 saturated carbocycles. The number of phenolic OH excluding ortho intramolecular Hbond substituents is 1. The first-order valence-corrected chi connectivity index (χ1v) is 7.96. The van der Waals surface area contributed by atoms with Gasteiger partial charge in [0.25, 0.3) is 0 Å². The minimum Gasteiger partial charge on any atom is -0.508 e. The van der Waals surface area contributed by atoms with Gasteiger partial charge in [-0.1, -0.05) is 39.8 Å². The lowest BCUT2D eigenvalue weighted by Gasteiger charge is -2.43. The van der Waals surface area contributed by atoms with Crippen molar-refractivity contribution in [3.8, 4) is 5.75 Å². The summed E-state index contributed by atoms with van der Waals surface area (Å²) in [5, 5.41) is 10.3. The monoisotopic (exact) mass is 270 g/mol. The van der Waals surface area contributed by atoms with Gasteiger partial charge in [0, 0.05) is 0 Å². The van der Waals surface area contributed by atoms with Crippen molar-refractivity contribution in [2.24, 2.45) is 11.3 Å². The normalized spacial score (nSPS) is 24.1. The molecule has 0 bridgehead atoms. The second kappa shape index (κ2) is 4.65. The number of allylic oxidation sites excluding steroid dienone is 2. The summed E-state index contributed by atoms with van der Waals surface area (Å²) in [5.74, 6) is 1.52. The molecular formula is C19H26O. The number of rotatable bonds is 1. The van der Waals surface area contributed by atoms with Gasteiger partial charge in [-0.25, -0.2) is 0 Å². The van der Waals surface area contributed by atoms with E-state index in [4.69, 9.17) is 0 Å². The van der Waals surface area contributed by atoms with Gasteiger partial charge in [0.1, 0.15) is 5.75 Å². The predicted octanol–water partition coefficient (Wildman–Crippen LogP) is 5.28. The van der Waals surface area contributed by atoms with Crippen LogP contribution < -0.4 is 0 Å². The van der Waals surface area contributed by atoms with E-state index in [0.29, 0.717) is 23.0 Å². The Labute approximate surface area is 122 Å². The van der Waals surface area contributed by atoms with E-state index in [1.165, 1.54) is 36.0 Å². The standard InChI is InChI=1S/C19H26O/c1-12(2)15-10-13-7-8-17-14(16(13)11-18(15)20)6-5-9-19(17,3)4/h6,10-12,17,20H,5,7-9H2,1-4H3/t17-/m1/s1. The molecule has 2 aliphatic carbocycles. The number of hydrogen-bond acceptors (Lipinski definition) is 1. The summed E-state index contributed by atoms with van der Waals surface area (Å²) in [6.45, 7) is 9.10. The molecule has 0 spiro atoms. The fraction of sp³-hybridized carbons (Fsp3) is 0.579. The van der Waals surface area contributed by atoms with Gasteiger partial charge in [-0.05, 0) is 71.3 Å². The third kappa shape index (κ3) is 2.08. The van der Waals surface area contributed by atoms with Gasteiger partial charge in [-0.3, -0.25) is 0 Å². The van der Waals surface area contributed by atoms with Crippen molar-refractivity contribution < 1.29 is 5.11 Å². The number of fused-ring (bicyclic) bond motifs is 3. The summed E-state index contributed by atoms with van der Waals surface area (Å²) in [7, 11) is 0. The summed E-state index contributed by atoms with van der Waals surface area (Å²) < 4.78 is 0. The molecule has 0 saturated heterocycles. The van der Waals surface area contributed by atoms with Crippen LogP contribution in [0.25, 0.3) is 5.57 Å². The van der Waals surface area contributed by atoms with E-state index in [1.807, 2.05) is 6.07 Å². The average Bonchev–Trinajstić information content (AvgIpc) is 2.37. The minimum absolute atomic E-state index is 0.384. The highest BCUT2D eigenvalue weighted by atomic mass is 16.3. The smallest absolute Gasteiger partial charge is 0.119 e. The molecule has 0 amide bonds. The lowest BCUT2D eigenvalue weighted by molar-refractivity contribution is 0.223. The van der Waals surface area contributed by atoms with Gasteiger partial charge in [-0.2, -0.15) is 0 Å². The Kier molecular flexibility index (Phi) is 3.19. The molecule has 0 heterocycles. The van der Waals surface area contributed by atoms with Crippen molar-refractivity contribution in [3.05, 3.63) is 34.9 Å². The molecule has 0 aromatic heterocycles. The summed E-state index contributed by atoms with van der Waals surface area (Å²) in [6, 6.07) is 4.28. The van der Waals surface area contributed by atoms with Crippen LogP contribution in [0.4, 0.5) is 0 Å². The first-order chi connectivity index (χ1) is 9.40. The van der Waals surface area contributed by atoms with Crippen LogP contribution >= 0.6 is 0 Å². The fourth-order valence-electron chi connectivity index (χ4n) is 4.07. The molecule has 0 fully saturated rings. The molecule has 2 aliphatic rings. The molecule has 1 N–H and O–H groups in total. The Morgan fingerprint density at radius 1 is 1.25 bits per heavy atom. The molecule has 1 aromatic carbocycles. The molecule has 0 aliphatic heterocycles. The van der Waals surface area contributed by atoms with E-state index in [0.717, 1.165) is 12.0 Å². The highest BCUT2D eigenvalue weighted by Crippen LogP contribution is 2.51. The first kappa shape index (κ1) is 13.7. The lowest BCUT2D eigenvalue weighted by Crippen LogP contribution is -2.31. The van der Waals surface area contributed by atoms with Crippen LogP contribution in [-0.2, 0) is 6.42 Å². The quantitative estimate of drug-likeness (QED) is 0.736. The third-order valence-corrected chi connectivity index (χ3v) is 5.36. The van der Waals surface area contributed by atoms with E-state index in [-0.39, 0.29) is 0 Å². The number of aryl methyl sites for hydroxylation is 1. The van der Waals surface area contributed by atoms with Gasteiger partial charge in [0.15, 0.2) is 0 Å².